The fourth-order valence-electron chi connectivity index (χ4n) is 2.35. The van der Waals surface area contributed by atoms with Crippen LogP contribution in [0.4, 0.5) is 8.78 Å². The van der Waals surface area contributed by atoms with Crippen LogP contribution in [0.15, 0.2) is 30.3 Å². The van der Waals surface area contributed by atoms with Gasteiger partial charge < -0.3 is 5.11 Å². The molecular weight excluding hydrogens is 282 g/mol. The molecule has 0 spiro atoms. The maximum atomic E-state index is 14.0. The van der Waals surface area contributed by atoms with Gasteiger partial charge in [0.25, 0.3) is 0 Å². The average Bonchev–Trinajstić information content (AvgIpc) is 2.31. The summed E-state index contributed by atoms with van der Waals surface area (Å²) in [5.41, 5.74) is 2.33. The van der Waals surface area contributed by atoms with Crippen LogP contribution in [0.3, 0.4) is 0 Å². The monoisotopic (exact) mass is 296 g/mol. The zero-order valence-electron chi connectivity index (χ0n) is 11.3. The van der Waals surface area contributed by atoms with Gasteiger partial charge in [-0.25, -0.2) is 8.78 Å². The van der Waals surface area contributed by atoms with Gasteiger partial charge in [0.1, 0.15) is 11.6 Å². The lowest BCUT2D eigenvalue weighted by molar-refractivity contribution is 0.173. The first kappa shape index (κ1) is 14.9. The summed E-state index contributed by atoms with van der Waals surface area (Å²) >= 11 is 5.92. The number of hydrogen-bond acceptors (Lipinski definition) is 1. The molecule has 0 fully saturated rings. The Bertz CT molecular complexity index is 617. The molecule has 106 valence electrons. The van der Waals surface area contributed by atoms with Crippen LogP contribution in [0.2, 0.25) is 5.02 Å². The molecule has 2 aromatic rings. The summed E-state index contributed by atoms with van der Waals surface area (Å²) in [5, 5.41) is 10.5. The molecule has 0 saturated carbocycles. The Morgan fingerprint density at radius 2 is 1.85 bits per heavy atom. The van der Waals surface area contributed by atoms with Gasteiger partial charge in [0.05, 0.1) is 6.10 Å². The van der Waals surface area contributed by atoms with E-state index in [0.717, 1.165) is 5.56 Å². The number of aliphatic hydroxyl groups is 1. The number of rotatable bonds is 3. The summed E-state index contributed by atoms with van der Waals surface area (Å²) in [6.07, 6.45) is -0.876. The molecule has 0 bridgehead atoms. The van der Waals surface area contributed by atoms with Crippen molar-refractivity contribution in [1.82, 2.24) is 0 Å². The third kappa shape index (κ3) is 3.17. The van der Waals surface area contributed by atoms with Crippen LogP contribution in [-0.4, -0.2) is 5.11 Å². The molecule has 2 aromatic carbocycles. The Balaban J connectivity index is 2.31. The average molecular weight is 297 g/mol. The fraction of sp³-hybridized carbons (Fsp3) is 0.250. The van der Waals surface area contributed by atoms with Crippen molar-refractivity contribution in [2.75, 3.05) is 0 Å². The maximum Gasteiger partial charge on any atom is 0.129 e. The highest BCUT2D eigenvalue weighted by Gasteiger charge is 2.18. The molecule has 0 saturated heterocycles. The number of halogens is 3. The lowest BCUT2D eigenvalue weighted by atomic mass is 9.95. The van der Waals surface area contributed by atoms with Gasteiger partial charge in [-0.3, -0.25) is 0 Å². The first-order valence-electron chi connectivity index (χ1n) is 6.27. The van der Waals surface area contributed by atoms with Crippen molar-refractivity contribution in [2.24, 2.45) is 0 Å². The molecular formula is C16H15ClF2O. The van der Waals surface area contributed by atoms with Crippen molar-refractivity contribution in [3.8, 4) is 0 Å². The third-order valence-electron chi connectivity index (χ3n) is 3.24. The Hall–Kier alpha value is -1.45. The zero-order chi connectivity index (χ0) is 14.9. The van der Waals surface area contributed by atoms with E-state index in [4.69, 9.17) is 11.6 Å². The second-order valence-corrected chi connectivity index (χ2v) is 5.34. The molecule has 1 atom stereocenters. The van der Waals surface area contributed by atoms with Crippen LogP contribution in [0.25, 0.3) is 0 Å². The van der Waals surface area contributed by atoms with Crippen LogP contribution >= 0.6 is 11.6 Å². The summed E-state index contributed by atoms with van der Waals surface area (Å²) in [6, 6.07) is 7.16. The highest BCUT2D eigenvalue weighted by molar-refractivity contribution is 6.31. The molecule has 1 unspecified atom stereocenters. The van der Waals surface area contributed by atoms with Gasteiger partial charge >= 0.3 is 0 Å². The number of hydrogen-bond donors (Lipinski definition) is 1. The van der Waals surface area contributed by atoms with Crippen LogP contribution in [0.1, 0.15) is 28.4 Å². The van der Waals surface area contributed by atoms with E-state index in [1.54, 1.807) is 13.8 Å². The maximum absolute atomic E-state index is 14.0. The predicted octanol–water partition coefficient (Wildman–Crippen LogP) is 4.51. The highest BCUT2D eigenvalue weighted by atomic mass is 35.5. The summed E-state index contributed by atoms with van der Waals surface area (Å²) in [7, 11) is 0. The van der Waals surface area contributed by atoms with Crippen molar-refractivity contribution in [1.29, 1.82) is 0 Å². The number of aryl methyl sites for hydroxylation is 2. The topological polar surface area (TPSA) is 20.2 Å². The summed E-state index contributed by atoms with van der Waals surface area (Å²) < 4.78 is 26.9. The van der Waals surface area contributed by atoms with E-state index in [1.165, 1.54) is 24.3 Å². The summed E-state index contributed by atoms with van der Waals surface area (Å²) in [4.78, 5) is 0. The van der Waals surface area contributed by atoms with Gasteiger partial charge in [-0.15, -0.1) is 0 Å². The minimum Gasteiger partial charge on any atom is -0.388 e. The Kier molecular flexibility index (Phi) is 4.41. The molecule has 0 aromatic heterocycles. The van der Waals surface area contributed by atoms with Gasteiger partial charge in [0, 0.05) is 17.0 Å². The standard InChI is InChI=1S/C16H15ClF2O/c1-9-5-10(2)16(14(19)6-9)15(20)7-11-3-4-12(18)8-13(11)17/h3-6,8,15,20H,7H2,1-2H3. The SMILES string of the molecule is Cc1cc(C)c(C(O)Cc2ccc(F)cc2Cl)c(F)c1. The molecule has 2 rings (SSSR count). The van der Waals surface area contributed by atoms with Gasteiger partial charge in [-0.05, 0) is 48.7 Å². The molecule has 0 aliphatic carbocycles. The largest absolute Gasteiger partial charge is 0.388 e. The van der Waals surface area contributed by atoms with Gasteiger partial charge in [-0.1, -0.05) is 23.7 Å². The molecule has 20 heavy (non-hydrogen) atoms. The van der Waals surface area contributed by atoms with Crippen molar-refractivity contribution in [3.63, 3.8) is 0 Å². The lowest BCUT2D eigenvalue weighted by Gasteiger charge is -2.16. The molecule has 0 aliphatic rings. The van der Waals surface area contributed by atoms with Crippen molar-refractivity contribution in [3.05, 3.63) is 69.2 Å². The first-order valence-corrected chi connectivity index (χ1v) is 6.65. The van der Waals surface area contributed by atoms with E-state index in [-0.39, 0.29) is 17.0 Å². The smallest absolute Gasteiger partial charge is 0.129 e. The second kappa shape index (κ2) is 5.90. The van der Waals surface area contributed by atoms with Crippen molar-refractivity contribution < 1.29 is 13.9 Å². The Morgan fingerprint density at radius 3 is 2.45 bits per heavy atom. The molecule has 4 heteroatoms. The van der Waals surface area contributed by atoms with E-state index in [1.807, 2.05) is 6.07 Å². The van der Waals surface area contributed by atoms with E-state index in [9.17, 15) is 13.9 Å². The number of aliphatic hydroxyl groups excluding tert-OH is 1. The van der Waals surface area contributed by atoms with E-state index >= 15 is 0 Å². The van der Waals surface area contributed by atoms with Gasteiger partial charge in [-0.2, -0.15) is 0 Å². The molecule has 1 N–H and O–H groups in total. The van der Waals surface area contributed by atoms with Crippen molar-refractivity contribution in [2.45, 2.75) is 26.4 Å². The van der Waals surface area contributed by atoms with Crippen molar-refractivity contribution >= 4 is 11.6 Å². The minimum absolute atomic E-state index is 0.139. The second-order valence-electron chi connectivity index (χ2n) is 4.93. The third-order valence-corrected chi connectivity index (χ3v) is 3.59. The normalized spacial score (nSPS) is 12.5. The van der Waals surface area contributed by atoms with Crippen LogP contribution in [-0.2, 0) is 6.42 Å². The molecule has 0 amide bonds. The summed E-state index contributed by atoms with van der Waals surface area (Å²) in [5.74, 6) is -0.876. The Labute approximate surface area is 121 Å². The van der Waals surface area contributed by atoms with Crippen LogP contribution in [0.5, 0.6) is 0 Å². The molecule has 0 heterocycles. The van der Waals surface area contributed by atoms with Gasteiger partial charge in [0.2, 0.25) is 0 Å². The van der Waals surface area contributed by atoms with Crippen LogP contribution in [0, 0.1) is 25.5 Å². The molecule has 1 nitrogen and oxygen atoms in total. The van der Waals surface area contributed by atoms with Gasteiger partial charge in [0.15, 0.2) is 0 Å². The molecule has 0 radical (unpaired) electrons. The summed E-state index contributed by atoms with van der Waals surface area (Å²) in [6.45, 7) is 3.55. The Morgan fingerprint density at radius 1 is 1.15 bits per heavy atom. The van der Waals surface area contributed by atoms with E-state index in [2.05, 4.69) is 0 Å². The van der Waals surface area contributed by atoms with E-state index < -0.39 is 17.7 Å². The molecule has 0 aliphatic heterocycles. The van der Waals surface area contributed by atoms with E-state index in [0.29, 0.717) is 11.1 Å². The predicted molar refractivity (Wildman–Crippen MR) is 75.9 cm³/mol. The highest BCUT2D eigenvalue weighted by Crippen LogP contribution is 2.28. The minimum atomic E-state index is -1.02. The lowest BCUT2D eigenvalue weighted by Crippen LogP contribution is -2.07. The first-order chi connectivity index (χ1) is 9.38. The fourth-order valence-corrected chi connectivity index (χ4v) is 2.59. The zero-order valence-corrected chi connectivity index (χ0v) is 12.0. The quantitative estimate of drug-likeness (QED) is 0.883. The van der Waals surface area contributed by atoms with Crippen LogP contribution < -0.4 is 0 Å². The number of benzene rings is 2.